The number of hydrogen-bond acceptors (Lipinski definition) is 6. The largest absolute Gasteiger partial charge is 0.416 e. The topological polar surface area (TPSA) is 123 Å². The van der Waals surface area contributed by atoms with Gasteiger partial charge < -0.3 is 11.1 Å². The first kappa shape index (κ1) is 37.6. The number of halogens is 6. The minimum absolute atomic E-state index is 0.0486. The van der Waals surface area contributed by atoms with Gasteiger partial charge in [-0.2, -0.15) is 26.3 Å². The molecule has 1 saturated heterocycles. The Morgan fingerprint density at radius 3 is 1.70 bits per heavy atom. The molecular weight excluding hydrogens is 670 g/mol. The summed E-state index contributed by atoms with van der Waals surface area (Å²) in [6.45, 7) is 0.243. The third kappa shape index (κ3) is 11.1. The zero-order valence-corrected chi connectivity index (χ0v) is 26.2. The van der Waals surface area contributed by atoms with Crippen molar-refractivity contribution in [2.75, 3.05) is 0 Å². The van der Waals surface area contributed by atoms with Crippen LogP contribution < -0.4 is 16.5 Å². The van der Waals surface area contributed by atoms with Crippen molar-refractivity contribution in [3.63, 3.8) is 0 Å². The van der Waals surface area contributed by atoms with Gasteiger partial charge in [-0.3, -0.25) is 19.3 Å². The molecule has 1 heterocycles. The van der Waals surface area contributed by atoms with Crippen molar-refractivity contribution >= 4 is 17.8 Å². The third-order valence-electron chi connectivity index (χ3n) is 7.23. The highest BCUT2D eigenvalue weighted by Crippen LogP contribution is 2.30. The van der Waals surface area contributed by atoms with Gasteiger partial charge in [0.2, 0.25) is 0 Å². The van der Waals surface area contributed by atoms with Gasteiger partial charge >= 0.3 is 18.4 Å². The highest BCUT2D eigenvalue weighted by Gasteiger charge is 2.39. The van der Waals surface area contributed by atoms with Gasteiger partial charge in [0.15, 0.2) is 0 Å². The lowest BCUT2D eigenvalue weighted by molar-refractivity contribution is -0.167. The average Bonchev–Trinajstić information content (AvgIpc) is 3.35. The fourth-order valence-corrected chi connectivity index (χ4v) is 4.57. The van der Waals surface area contributed by atoms with E-state index in [4.69, 9.17) is 15.4 Å². The molecule has 264 valence electrons. The van der Waals surface area contributed by atoms with Gasteiger partial charge in [-0.05, 0) is 52.9 Å². The van der Waals surface area contributed by atoms with E-state index in [-0.39, 0.29) is 26.1 Å². The Labute approximate surface area is 282 Å². The molecule has 1 fully saturated rings. The number of imide groups is 1. The molecule has 0 saturated carbocycles. The van der Waals surface area contributed by atoms with Crippen LogP contribution in [0, 0.1) is 0 Å². The van der Waals surface area contributed by atoms with Crippen molar-refractivity contribution < 1.29 is 50.4 Å². The summed E-state index contributed by atoms with van der Waals surface area (Å²) < 4.78 is 75.2. The summed E-state index contributed by atoms with van der Waals surface area (Å²) in [5.41, 5.74) is 9.18. The second kappa shape index (κ2) is 16.9. The van der Waals surface area contributed by atoms with Crippen LogP contribution in [0.5, 0.6) is 0 Å². The standard InChI is InChI=1S/C18H15F3N2O3.C17H17F3N2O2/c19-18(20,21)14-8-6-12(7-9-14)10-15-16(24)23(17(25)22-15)26-11-13-4-2-1-3-5-13;18-17(19,20)14-8-6-12(7-9-14)10-15(21)16(23)22-24-11-13-4-2-1-3-5-13/h1-9,15H,10-11H2,(H,22,25);1-9,15H,10-11,21H2,(H,22,23)/t2*15-/m00/s1. The number of amides is 4. The Morgan fingerprint density at radius 1 is 0.720 bits per heavy atom. The first-order valence-corrected chi connectivity index (χ1v) is 15.1. The maximum absolute atomic E-state index is 12.6. The molecule has 2 atom stereocenters. The van der Waals surface area contributed by atoms with E-state index in [0.717, 1.165) is 35.4 Å². The molecule has 15 heteroatoms. The summed E-state index contributed by atoms with van der Waals surface area (Å²) in [6, 6.07) is 24.8. The maximum Gasteiger partial charge on any atom is 0.416 e. The van der Waals surface area contributed by atoms with E-state index in [2.05, 4.69) is 10.8 Å². The number of nitrogens with two attached hydrogens (primary N) is 1. The van der Waals surface area contributed by atoms with E-state index in [1.165, 1.54) is 24.3 Å². The predicted molar refractivity (Wildman–Crippen MR) is 168 cm³/mol. The van der Waals surface area contributed by atoms with Crippen LogP contribution in [0.15, 0.2) is 109 Å². The summed E-state index contributed by atoms with van der Waals surface area (Å²) in [5, 5.41) is 3.13. The first-order valence-electron chi connectivity index (χ1n) is 15.1. The van der Waals surface area contributed by atoms with Crippen molar-refractivity contribution in [1.82, 2.24) is 15.9 Å². The van der Waals surface area contributed by atoms with Gasteiger partial charge in [-0.25, -0.2) is 10.3 Å². The molecule has 0 aromatic heterocycles. The Bertz CT molecular complexity index is 1700. The number of rotatable bonds is 11. The van der Waals surface area contributed by atoms with Crippen LogP contribution in [-0.4, -0.2) is 35.0 Å². The number of carbonyl (C=O) groups excluding carboxylic acids is 3. The zero-order valence-electron chi connectivity index (χ0n) is 26.2. The highest BCUT2D eigenvalue weighted by atomic mass is 19.4. The maximum atomic E-state index is 12.6. The number of urea groups is 1. The lowest BCUT2D eigenvalue weighted by atomic mass is 10.0. The second-order valence-corrected chi connectivity index (χ2v) is 11.0. The molecule has 0 unspecified atom stereocenters. The third-order valence-corrected chi connectivity index (χ3v) is 7.23. The Morgan fingerprint density at radius 2 is 1.20 bits per heavy atom. The number of carbonyl (C=O) groups is 3. The molecule has 9 nitrogen and oxygen atoms in total. The first-order chi connectivity index (χ1) is 23.7. The molecule has 4 N–H and O–H groups in total. The molecule has 1 aliphatic rings. The van der Waals surface area contributed by atoms with E-state index in [0.29, 0.717) is 16.2 Å². The molecule has 0 spiro atoms. The SMILES string of the molecule is N[C@@H](Cc1ccc(C(F)(F)F)cc1)C(=O)NOCc1ccccc1.O=C1N[C@@H](Cc2ccc(C(F)(F)F)cc2)C(=O)N1OCc1ccccc1. The molecule has 4 aromatic carbocycles. The molecule has 4 amide bonds. The van der Waals surface area contributed by atoms with E-state index in [1.807, 2.05) is 36.4 Å². The smallest absolute Gasteiger partial charge is 0.324 e. The van der Waals surface area contributed by atoms with Crippen LogP contribution in [0.2, 0.25) is 0 Å². The monoisotopic (exact) mass is 702 g/mol. The number of nitrogens with one attached hydrogen (secondary N) is 2. The highest BCUT2D eigenvalue weighted by molar-refractivity contribution is 6.03. The minimum atomic E-state index is -4.42. The Balaban J connectivity index is 0.000000226. The summed E-state index contributed by atoms with van der Waals surface area (Å²) in [4.78, 5) is 46.4. The Kier molecular flexibility index (Phi) is 12.7. The van der Waals surface area contributed by atoms with Gasteiger partial charge in [0.25, 0.3) is 11.8 Å². The van der Waals surface area contributed by atoms with Crippen LogP contribution in [0.1, 0.15) is 33.4 Å². The van der Waals surface area contributed by atoms with Crippen molar-refractivity contribution in [3.05, 3.63) is 143 Å². The lowest BCUT2D eigenvalue weighted by Gasteiger charge is -2.13. The molecule has 50 heavy (non-hydrogen) atoms. The molecule has 0 aliphatic carbocycles. The summed E-state index contributed by atoms with van der Waals surface area (Å²) in [5.74, 6) is -1.11. The quantitative estimate of drug-likeness (QED) is 0.0984. The summed E-state index contributed by atoms with van der Waals surface area (Å²) in [7, 11) is 0. The van der Waals surface area contributed by atoms with Crippen LogP contribution >= 0.6 is 0 Å². The average molecular weight is 703 g/mol. The van der Waals surface area contributed by atoms with Crippen molar-refractivity contribution in [1.29, 1.82) is 0 Å². The predicted octanol–water partition coefficient (Wildman–Crippen LogP) is 6.12. The van der Waals surface area contributed by atoms with Gasteiger partial charge in [0, 0.05) is 6.42 Å². The van der Waals surface area contributed by atoms with Crippen LogP contribution in [0.25, 0.3) is 0 Å². The molecule has 0 bridgehead atoms. The van der Waals surface area contributed by atoms with Crippen molar-refractivity contribution in [3.8, 4) is 0 Å². The second-order valence-electron chi connectivity index (χ2n) is 11.0. The fraction of sp³-hybridized carbons (Fsp3) is 0.229. The van der Waals surface area contributed by atoms with Gasteiger partial charge in [0.1, 0.15) is 12.6 Å². The normalized spacial score (nSPS) is 15.2. The molecule has 5 rings (SSSR count). The number of hydrogen-bond donors (Lipinski definition) is 3. The lowest BCUT2D eigenvalue weighted by Crippen LogP contribution is -2.41. The van der Waals surface area contributed by atoms with Crippen LogP contribution in [0.4, 0.5) is 31.1 Å². The van der Waals surface area contributed by atoms with Crippen molar-refractivity contribution in [2.45, 2.75) is 50.5 Å². The van der Waals surface area contributed by atoms with E-state index in [9.17, 15) is 40.7 Å². The van der Waals surface area contributed by atoms with Gasteiger partial charge in [-0.1, -0.05) is 84.9 Å². The van der Waals surface area contributed by atoms with Crippen LogP contribution in [-0.2, 0) is 57.7 Å². The summed E-state index contributed by atoms with van der Waals surface area (Å²) >= 11 is 0. The zero-order chi connectivity index (χ0) is 36.3. The minimum Gasteiger partial charge on any atom is -0.324 e. The van der Waals surface area contributed by atoms with Crippen molar-refractivity contribution in [2.24, 2.45) is 5.73 Å². The van der Waals surface area contributed by atoms with E-state index in [1.54, 1.807) is 24.3 Å². The molecule has 1 aliphatic heterocycles. The Hall–Kier alpha value is -5.25. The number of hydroxylamine groups is 3. The van der Waals surface area contributed by atoms with Gasteiger partial charge in [0.05, 0.1) is 23.8 Å². The van der Waals surface area contributed by atoms with E-state index >= 15 is 0 Å². The molecular formula is C35H32F6N4O5. The van der Waals surface area contributed by atoms with E-state index < -0.39 is 53.4 Å². The molecule has 4 aromatic rings. The van der Waals surface area contributed by atoms with Gasteiger partial charge in [-0.15, -0.1) is 5.06 Å². The molecule has 0 radical (unpaired) electrons. The number of benzene rings is 4. The number of alkyl halides is 6. The fourth-order valence-electron chi connectivity index (χ4n) is 4.57. The van der Waals surface area contributed by atoms with Crippen LogP contribution in [0.3, 0.4) is 0 Å². The summed E-state index contributed by atoms with van der Waals surface area (Å²) in [6.07, 6.45) is -8.62. The number of nitrogens with zero attached hydrogens (tertiary/aromatic N) is 1.